The highest BCUT2D eigenvalue weighted by Crippen LogP contribution is 2.24. The number of imidazole rings is 1. The summed E-state index contributed by atoms with van der Waals surface area (Å²) in [5.74, 6) is 2.10. The minimum Gasteiger partial charge on any atom is -0.370 e. The summed E-state index contributed by atoms with van der Waals surface area (Å²) in [6.07, 6.45) is 10.9. The van der Waals surface area contributed by atoms with Gasteiger partial charge in [0.25, 0.3) is 0 Å². The van der Waals surface area contributed by atoms with Crippen molar-refractivity contribution in [2.75, 3.05) is 6.61 Å². The van der Waals surface area contributed by atoms with Gasteiger partial charge in [-0.3, -0.25) is 4.79 Å². The van der Waals surface area contributed by atoms with E-state index in [1.54, 1.807) is 18.6 Å². The number of amides is 1. The molecule has 140 valence electrons. The maximum absolute atomic E-state index is 12.1. The van der Waals surface area contributed by atoms with Gasteiger partial charge in [-0.1, -0.05) is 13.8 Å². The van der Waals surface area contributed by atoms with Crippen LogP contribution in [0.1, 0.15) is 68.8 Å². The Morgan fingerprint density at radius 3 is 2.81 bits per heavy atom. The summed E-state index contributed by atoms with van der Waals surface area (Å²) in [5, 5.41) is 2.93. The van der Waals surface area contributed by atoms with Gasteiger partial charge in [-0.25, -0.2) is 15.0 Å². The molecule has 2 aromatic heterocycles. The van der Waals surface area contributed by atoms with E-state index in [1.165, 1.54) is 0 Å². The molecule has 1 atom stereocenters. The molecule has 1 N–H and O–H groups in total. The van der Waals surface area contributed by atoms with Crippen LogP contribution in [0, 0.1) is 0 Å². The zero-order chi connectivity index (χ0) is 18.4. The van der Waals surface area contributed by atoms with Gasteiger partial charge in [-0.15, -0.1) is 0 Å². The number of hydrogen-bond donors (Lipinski definition) is 1. The van der Waals surface area contributed by atoms with Crippen LogP contribution in [0.2, 0.25) is 0 Å². The third-order valence-corrected chi connectivity index (χ3v) is 4.53. The maximum atomic E-state index is 12.1. The number of aryl methyl sites for hydroxylation is 1. The molecule has 2 aromatic rings. The van der Waals surface area contributed by atoms with Crippen molar-refractivity contribution < 1.29 is 9.53 Å². The van der Waals surface area contributed by atoms with Crippen molar-refractivity contribution in [1.82, 2.24) is 24.8 Å². The molecular formula is C19H27N5O2. The molecule has 1 aliphatic rings. The first kappa shape index (κ1) is 18.5. The Bertz CT molecular complexity index is 705. The quantitative estimate of drug-likeness (QED) is 0.824. The van der Waals surface area contributed by atoms with E-state index in [0.717, 1.165) is 43.1 Å². The van der Waals surface area contributed by atoms with Crippen LogP contribution in [0.5, 0.6) is 0 Å². The number of nitrogens with zero attached hydrogens (tertiary/aromatic N) is 4. The second-order valence-corrected chi connectivity index (χ2v) is 6.96. The summed E-state index contributed by atoms with van der Waals surface area (Å²) in [4.78, 5) is 25.2. The Balaban J connectivity index is 1.44. The number of aromatic nitrogens is 4. The van der Waals surface area contributed by atoms with E-state index in [-0.39, 0.29) is 12.0 Å². The van der Waals surface area contributed by atoms with E-state index in [1.807, 2.05) is 10.8 Å². The monoisotopic (exact) mass is 357 g/mol. The summed E-state index contributed by atoms with van der Waals surface area (Å²) >= 11 is 0. The van der Waals surface area contributed by atoms with Gasteiger partial charge in [0.05, 0.1) is 0 Å². The molecule has 0 radical (unpaired) electrons. The van der Waals surface area contributed by atoms with Gasteiger partial charge in [-0.2, -0.15) is 0 Å². The average molecular weight is 357 g/mol. The van der Waals surface area contributed by atoms with Gasteiger partial charge >= 0.3 is 0 Å². The van der Waals surface area contributed by atoms with Crippen molar-refractivity contribution in [3.05, 3.63) is 42.0 Å². The molecule has 1 amide bonds. The van der Waals surface area contributed by atoms with E-state index in [9.17, 15) is 4.79 Å². The van der Waals surface area contributed by atoms with Crippen LogP contribution in [-0.2, 0) is 22.6 Å². The lowest BCUT2D eigenvalue weighted by atomic mass is 10.1. The first-order valence-corrected chi connectivity index (χ1v) is 9.33. The molecule has 3 rings (SSSR count). The van der Waals surface area contributed by atoms with Crippen LogP contribution in [0.4, 0.5) is 0 Å². The Kier molecular flexibility index (Phi) is 6.33. The highest BCUT2D eigenvalue weighted by atomic mass is 16.5. The van der Waals surface area contributed by atoms with Crippen LogP contribution in [0.15, 0.2) is 24.8 Å². The zero-order valence-electron chi connectivity index (χ0n) is 15.5. The Morgan fingerprint density at radius 1 is 1.31 bits per heavy atom. The second-order valence-electron chi connectivity index (χ2n) is 6.96. The van der Waals surface area contributed by atoms with Gasteiger partial charge in [0.2, 0.25) is 5.91 Å². The summed E-state index contributed by atoms with van der Waals surface area (Å²) in [6, 6.07) is 0. The largest absolute Gasteiger partial charge is 0.370 e. The zero-order valence-corrected chi connectivity index (χ0v) is 15.5. The highest BCUT2D eigenvalue weighted by Gasteiger charge is 2.18. The predicted molar refractivity (Wildman–Crippen MR) is 97.4 cm³/mol. The first-order valence-electron chi connectivity index (χ1n) is 9.33. The molecule has 0 saturated carbocycles. The minimum atomic E-state index is 0.00750. The third kappa shape index (κ3) is 4.88. The third-order valence-electron chi connectivity index (χ3n) is 4.53. The summed E-state index contributed by atoms with van der Waals surface area (Å²) in [7, 11) is 0. The number of nitrogens with one attached hydrogen (secondary N) is 1. The molecule has 1 saturated heterocycles. The van der Waals surface area contributed by atoms with Gasteiger partial charge in [0, 0.05) is 62.4 Å². The van der Waals surface area contributed by atoms with Gasteiger partial charge in [-0.05, 0) is 19.3 Å². The van der Waals surface area contributed by atoms with E-state index >= 15 is 0 Å². The first-order chi connectivity index (χ1) is 12.6. The van der Waals surface area contributed by atoms with Crippen LogP contribution in [-0.4, -0.2) is 32.0 Å². The molecular weight excluding hydrogens is 330 g/mol. The van der Waals surface area contributed by atoms with E-state index < -0.39 is 0 Å². The van der Waals surface area contributed by atoms with E-state index in [2.05, 4.69) is 34.1 Å². The predicted octanol–water partition coefficient (Wildman–Crippen LogP) is 2.74. The van der Waals surface area contributed by atoms with Crippen molar-refractivity contribution in [3.63, 3.8) is 0 Å². The molecule has 1 fully saturated rings. The van der Waals surface area contributed by atoms with Crippen LogP contribution in [0.25, 0.3) is 0 Å². The molecule has 1 unspecified atom stereocenters. The Hall–Kier alpha value is -2.28. The number of carbonyl (C=O) groups excluding carboxylic acids is 1. The SMILES string of the molecule is CC(C)c1nccn1CCC(=O)NCc1cnc(C2CCCCO2)nc1. The van der Waals surface area contributed by atoms with Crippen molar-refractivity contribution in [3.8, 4) is 0 Å². The minimum absolute atomic E-state index is 0.00750. The molecule has 7 heteroatoms. The average Bonchev–Trinajstić information content (AvgIpc) is 3.15. The van der Waals surface area contributed by atoms with Crippen molar-refractivity contribution in [1.29, 1.82) is 0 Å². The molecule has 0 aliphatic carbocycles. The molecule has 0 spiro atoms. The highest BCUT2D eigenvalue weighted by molar-refractivity contribution is 5.75. The molecule has 7 nitrogen and oxygen atoms in total. The van der Waals surface area contributed by atoms with E-state index in [0.29, 0.717) is 25.4 Å². The number of ether oxygens (including phenoxy) is 1. The fraction of sp³-hybridized carbons (Fsp3) is 0.579. The van der Waals surface area contributed by atoms with Gasteiger partial charge in [0.1, 0.15) is 11.9 Å². The summed E-state index contributed by atoms with van der Waals surface area (Å²) in [5.41, 5.74) is 0.892. The van der Waals surface area contributed by atoms with Crippen molar-refractivity contribution in [2.45, 2.75) is 64.6 Å². The molecule has 0 aromatic carbocycles. The van der Waals surface area contributed by atoms with Gasteiger partial charge in [0.15, 0.2) is 5.82 Å². The smallest absolute Gasteiger partial charge is 0.222 e. The van der Waals surface area contributed by atoms with Crippen LogP contribution >= 0.6 is 0 Å². The molecule has 3 heterocycles. The van der Waals surface area contributed by atoms with Crippen LogP contribution in [0.3, 0.4) is 0 Å². The molecule has 26 heavy (non-hydrogen) atoms. The van der Waals surface area contributed by atoms with Gasteiger partial charge < -0.3 is 14.6 Å². The Labute approximate surface area is 154 Å². The lowest BCUT2D eigenvalue weighted by molar-refractivity contribution is -0.121. The molecule has 1 aliphatic heterocycles. The topological polar surface area (TPSA) is 81.9 Å². The standard InChI is InChI=1S/C19H27N5O2/c1-14(2)19-20-7-9-24(19)8-6-17(25)21-11-15-12-22-18(23-13-15)16-5-3-4-10-26-16/h7,9,12-14,16H,3-6,8,10-11H2,1-2H3,(H,21,25). The van der Waals surface area contributed by atoms with Crippen molar-refractivity contribution >= 4 is 5.91 Å². The summed E-state index contributed by atoms with van der Waals surface area (Å²) in [6.45, 7) is 6.04. The number of rotatable bonds is 7. The second kappa shape index (κ2) is 8.89. The summed E-state index contributed by atoms with van der Waals surface area (Å²) < 4.78 is 7.73. The number of carbonyl (C=O) groups is 1. The fourth-order valence-electron chi connectivity index (χ4n) is 3.09. The lowest BCUT2D eigenvalue weighted by Crippen LogP contribution is -2.24. The van der Waals surface area contributed by atoms with Crippen LogP contribution < -0.4 is 5.32 Å². The maximum Gasteiger partial charge on any atom is 0.222 e. The fourth-order valence-corrected chi connectivity index (χ4v) is 3.09. The Morgan fingerprint density at radius 2 is 2.12 bits per heavy atom. The lowest BCUT2D eigenvalue weighted by Gasteiger charge is -2.21. The van der Waals surface area contributed by atoms with E-state index in [4.69, 9.17) is 4.74 Å². The number of hydrogen-bond acceptors (Lipinski definition) is 5. The van der Waals surface area contributed by atoms with Crippen molar-refractivity contribution in [2.24, 2.45) is 0 Å². The molecule has 0 bridgehead atoms. The normalized spacial score (nSPS) is 17.4.